The van der Waals surface area contributed by atoms with E-state index in [0.29, 0.717) is 12.3 Å². The van der Waals surface area contributed by atoms with Crippen molar-refractivity contribution >= 4 is 5.97 Å². The van der Waals surface area contributed by atoms with E-state index in [2.05, 4.69) is 5.10 Å². The van der Waals surface area contributed by atoms with E-state index in [4.69, 9.17) is 4.74 Å². The zero-order chi connectivity index (χ0) is 14.7. The number of ether oxygens (including phenoxy) is 1. The number of rotatable bonds is 5. The minimum Gasteiger partial charge on any atom is -0.494 e. The van der Waals surface area contributed by atoms with Crippen molar-refractivity contribution in [3.8, 4) is 11.4 Å². The molecule has 1 aromatic carbocycles. The van der Waals surface area contributed by atoms with Crippen molar-refractivity contribution in [2.45, 2.75) is 26.7 Å². The SMILES string of the molecule is CCOc1ccc(-n2cc(C(=O)O)c(C(C)C)n2)cc1. The van der Waals surface area contributed by atoms with Gasteiger partial charge in [-0.05, 0) is 37.1 Å². The quantitative estimate of drug-likeness (QED) is 0.910. The summed E-state index contributed by atoms with van der Waals surface area (Å²) in [5.74, 6) is -0.109. The first-order valence-corrected chi connectivity index (χ1v) is 6.59. The van der Waals surface area contributed by atoms with Crippen LogP contribution in [0.5, 0.6) is 5.75 Å². The molecule has 0 aliphatic heterocycles. The lowest BCUT2D eigenvalue weighted by Crippen LogP contribution is -2.01. The molecule has 1 aromatic heterocycles. The number of aromatic carboxylic acids is 1. The van der Waals surface area contributed by atoms with Crippen LogP contribution in [0.25, 0.3) is 5.69 Å². The zero-order valence-corrected chi connectivity index (χ0v) is 11.8. The van der Waals surface area contributed by atoms with Gasteiger partial charge in [-0.25, -0.2) is 9.48 Å². The van der Waals surface area contributed by atoms with Gasteiger partial charge in [-0.2, -0.15) is 5.10 Å². The van der Waals surface area contributed by atoms with Crippen LogP contribution in [0, 0.1) is 0 Å². The minimum atomic E-state index is -0.953. The van der Waals surface area contributed by atoms with Gasteiger partial charge in [-0.1, -0.05) is 13.8 Å². The van der Waals surface area contributed by atoms with Crippen molar-refractivity contribution in [3.05, 3.63) is 41.7 Å². The van der Waals surface area contributed by atoms with Crippen molar-refractivity contribution in [3.63, 3.8) is 0 Å². The molecule has 0 radical (unpaired) electrons. The highest BCUT2D eigenvalue weighted by molar-refractivity contribution is 5.89. The van der Waals surface area contributed by atoms with Crippen molar-refractivity contribution in [1.82, 2.24) is 9.78 Å². The topological polar surface area (TPSA) is 64.3 Å². The first kappa shape index (κ1) is 14.1. The Kier molecular flexibility index (Phi) is 4.08. The van der Waals surface area contributed by atoms with E-state index >= 15 is 0 Å². The second kappa shape index (κ2) is 5.77. The Morgan fingerprint density at radius 1 is 1.35 bits per heavy atom. The number of benzene rings is 1. The standard InChI is InChI=1S/C15H18N2O3/c1-4-20-12-7-5-11(6-8-12)17-9-13(15(18)19)14(16-17)10(2)3/h5-10H,4H2,1-3H3,(H,18,19). The average molecular weight is 274 g/mol. The van der Waals surface area contributed by atoms with Gasteiger partial charge in [-0.15, -0.1) is 0 Å². The molecule has 0 atom stereocenters. The van der Waals surface area contributed by atoms with Crippen LogP contribution in [0.2, 0.25) is 0 Å². The third-order valence-corrected chi connectivity index (χ3v) is 2.93. The highest BCUT2D eigenvalue weighted by Gasteiger charge is 2.18. The molecule has 0 unspecified atom stereocenters. The van der Waals surface area contributed by atoms with Gasteiger partial charge < -0.3 is 9.84 Å². The molecule has 0 aliphatic carbocycles. The molecule has 20 heavy (non-hydrogen) atoms. The number of carboxylic acids is 1. The molecule has 0 fully saturated rings. The van der Waals surface area contributed by atoms with Gasteiger partial charge in [0.05, 0.1) is 18.0 Å². The number of hydrogen-bond acceptors (Lipinski definition) is 3. The van der Waals surface area contributed by atoms with E-state index in [1.165, 1.54) is 0 Å². The average Bonchev–Trinajstić information content (AvgIpc) is 2.85. The van der Waals surface area contributed by atoms with Gasteiger partial charge in [0.25, 0.3) is 0 Å². The summed E-state index contributed by atoms with van der Waals surface area (Å²) >= 11 is 0. The molecular weight excluding hydrogens is 256 g/mol. The Morgan fingerprint density at radius 3 is 2.45 bits per heavy atom. The molecule has 0 amide bonds. The summed E-state index contributed by atoms with van der Waals surface area (Å²) in [6.45, 7) is 6.39. The van der Waals surface area contributed by atoms with Crippen LogP contribution < -0.4 is 4.74 Å². The smallest absolute Gasteiger partial charge is 0.339 e. The van der Waals surface area contributed by atoms with E-state index in [0.717, 1.165) is 11.4 Å². The Labute approximate surface area is 117 Å². The predicted octanol–water partition coefficient (Wildman–Crippen LogP) is 3.09. The van der Waals surface area contributed by atoms with Gasteiger partial charge in [0.15, 0.2) is 0 Å². The zero-order valence-electron chi connectivity index (χ0n) is 11.8. The molecule has 106 valence electrons. The monoisotopic (exact) mass is 274 g/mol. The fourth-order valence-electron chi connectivity index (χ4n) is 1.97. The molecule has 0 spiro atoms. The molecule has 5 nitrogen and oxygen atoms in total. The molecular formula is C15H18N2O3. The van der Waals surface area contributed by atoms with Crippen LogP contribution in [0.1, 0.15) is 42.7 Å². The molecule has 0 bridgehead atoms. The Morgan fingerprint density at radius 2 is 2.00 bits per heavy atom. The highest BCUT2D eigenvalue weighted by atomic mass is 16.5. The van der Waals surface area contributed by atoms with Crippen molar-refractivity contribution in [2.24, 2.45) is 0 Å². The first-order chi connectivity index (χ1) is 9.52. The maximum absolute atomic E-state index is 11.2. The Hall–Kier alpha value is -2.30. The molecule has 0 saturated carbocycles. The van der Waals surface area contributed by atoms with Crippen LogP contribution in [0.3, 0.4) is 0 Å². The van der Waals surface area contributed by atoms with Gasteiger partial charge in [0, 0.05) is 6.20 Å². The number of hydrogen-bond donors (Lipinski definition) is 1. The summed E-state index contributed by atoms with van der Waals surface area (Å²) in [5, 5.41) is 13.6. The van der Waals surface area contributed by atoms with E-state index in [-0.39, 0.29) is 11.5 Å². The van der Waals surface area contributed by atoms with Crippen molar-refractivity contribution in [2.75, 3.05) is 6.61 Å². The molecule has 0 aliphatic rings. The van der Waals surface area contributed by atoms with E-state index in [9.17, 15) is 9.90 Å². The Bertz CT molecular complexity index is 600. The van der Waals surface area contributed by atoms with E-state index in [1.54, 1.807) is 10.9 Å². The minimum absolute atomic E-state index is 0.0602. The van der Waals surface area contributed by atoms with Crippen LogP contribution in [0.4, 0.5) is 0 Å². The number of carboxylic acid groups (broad SMARTS) is 1. The molecule has 1 N–H and O–H groups in total. The van der Waals surface area contributed by atoms with Crippen LogP contribution in [-0.2, 0) is 0 Å². The maximum Gasteiger partial charge on any atom is 0.339 e. The highest BCUT2D eigenvalue weighted by Crippen LogP contribution is 2.21. The summed E-state index contributed by atoms with van der Waals surface area (Å²) in [4.78, 5) is 11.2. The summed E-state index contributed by atoms with van der Waals surface area (Å²) in [6.07, 6.45) is 1.55. The van der Waals surface area contributed by atoms with Gasteiger partial charge >= 0.3 is 5.97 Å². The predicted molar refractivity (Wildman–Crippen MR) is 75.8 cm³/mol. The van der Waals surface area contributed by atoms with Crippen molar-refractivity contribution in [1.29, 1.82) is 0 Å². The lowest BCUT2D eigenvalue weighted by molar-refractivity contribution is 0.0695. The van der Waals surface area contributed by atoms with Gasteiger partial charge in [0.1, 0.15) is 11.3 Å². The summed E-state index contributed by atoms with van der Waals surface area (Å²) in [6, 6.07) is 7.40. The lowest BCUT2D eigenvalue weighted by atomic mass is 10.1. The largest absolute Gasteiger partial charge is 0.494 e. The normalized spacial score (nSPS) is 10.8. The second-order valence-electron chi connectivity index (χ2n) is 4.76. The molecule has 2 rings (SSSR count). The number of aromatic nitrogens is 2. The fourth-order valence-corrected chi connectivity index (χ4v) is 1.97. The van der Waals surface area contributed by atoms with Gasteiger partial charge in [-0.3, -0.25) is 0 Å². The van der Waals surface area contributed by atoms with Gasteiger partial charge in [0.2, 0.25) is 0 Å². The Balaban J connectivity index is 2.37. The summed E-state index contributed by atoms with van der Waals surface area (Å²) in [7, 11) is 0. The third-order valence-electron chi connectivity index (χ3n) is 2.93. The first-order valence-electron chi connectivity index (χ1n) is 6.59. The number of carbonyl (C=O) groups is 1. The third kappa shape index (κ3) is 2.82. The van der Waals surface area contributed by atoms with Crippen LogP contribution >= 0.6 is 0 Å². The number of nitrogens with zero attached hydrogens (tertiary/aromatic N) is 2. The fraction of sp³-hybridized carbons (Fsp3) is 0.333. The van der Waals surface area contributed by atoms with Crippen molar-refractivity contribution < 1.29 is 14.6 Å². The molecule has 2 aromatic rings. The van der Waals surface area contributed by atoms with E-state index in [1.807, 2.05) is 45.0 Å². The summed E-state index contributed by atoms with van der Waals surface area (Å²) < 4.78 is 6.97. The van der Waals surface area contributed by atoms with E-state index < -0.39 is 5.97 Å². The lowest BCUT2D eigenvalue weighted by Gasteiger charge is -2.05. The molecule has 0 saturated heterocycles. The maximum atomic E-state index is 11.2. The molecule has 1 heterocycles. The van der Waals surface area contributed by atoms with Crippen LogP contribution in [0.15, 0.2) is 30.5 Å². The van der Waals surface area contributed by atoms with Crippen LogP contribution in [-0.4, -0.2) is 27.5 Å². The summed E-state index contributed by atoms with van der Waals surface area (Å²) in [5.41, 5.74) is 1.64. The second-order valence-corrected chi connectivity index (χ2v) is 4.76. The molecule has 5 heteroatoms.